The number of para-hydroxylation sites is 1. The normalized spacial score (nSPS) is 27.3. The van der Waals surface area contributed by atoms with Crippen molar-refractivity contribution in [2.45, 2.75) is 31.7 Å². The molecule has 1 aromatic carbocycles. The standard InChI is InChI=1S/C13H16N2/c1-12(2)10-7-5-6-8-11(10)15(4)13(12,3)9-14/h5-8H,1-4H3. The van der Waals surface area contributed by atoms with E-state index < -0.39 is 5.54 Å². The molecule has 2 rings (SSSR count). The van der Waals surface area contributed by atoms with Crippen LogP contribution in [-0.2, 0) is 5.41 Å². The van der Waals surface area contributed by atoms with E-state index in [1.54, 1.807) is 0 Å². The van der Waals surface area contributed by atoms with Gasteiger partial charge in [-0.3, -0.25) is 0 Å². The van der Waals surface area contributed by atoms with Crippen LogP contribution in [-0.4, -0.2) is 12.6 Å². The fraction of sp³-hybridized carbons (Fsp3) is 0.462. The third-order valence-electron chi connectivity index (χ3n) is 4.04. The lowest BCUT2D eigenvalue weighted by molar-refractivity contribution is 0.371. The topological polar surface area (TPSA) is 27.0 Å². The van der Waals surface area contributed by atoms with Crippen molar-refractivity contribution >= 4 is 5.69 Å². The van der Waals surface area contributed by atoms with Crippen molar-refractivity contribution in [2.24, 2.45) is 0 Å². The predicted octanol–water partition coefficient (Wildman–Crippen LogP) is 2.70. The molecule has 1 heterocycles. The molecule has 78 valence electrons. The highest BCUT2D eigenvalue weighted by molar-refractivity contribution is 5.67. The number of hydrogen-bond donors (Lipinski definition) is 0. The fourth-order valence-electron chi connectivity index (χ4n) is 2.43. The lowest BCUT2D eigenvalue weighted by Gasteiger charge is -2.37. The van der Waals surface area contributed by atoms with Crippen LogP contribution in [0.1, 0.15) is 26.3 Å². The first kappa shape index (κ1) is 10.0. The smallest absolute Gasteiger partial charge is 0.134 e. The molecule has 1 aliphatic heterocycles. The minimum absolute atomic E-state index is 0.132. The van der Waals surface area contributed by atoms with E-state index in [-0.39, 0.29) is 5.41 Å². The minimum Gasteiger partial charge on any atom is -0.356 e. The average molecular weight is 200 g/mol. The SMILES string of the molecule is CN1c2ccccc2C(C)(C)C1(C)C#N. The van der Waals surface area contributed by atoms with Crippen LogP contribution in [0.25, 0.3) is 0 Å². The van der Waals surface area contributed by atoms with Crippen molar-refractivity contribution in [3.8, 4) is 6.07 Å². The second kappa shape index (κ2) is 2.76. The van der Waals surface area contributed by atoms with Crippen LogP contribution in [0.5, 0.6) is 0 Å². The molecule has 0 saturated heterocycles. The van der Waals surface area contributed by atoms with E-state index >= 15 is 0 Å². The van der Waals surface area contributed by atoms with Gasteiger partial charge in [-0.05, 0) is 18.6 Å². The van der Waals surface area contributed by atoms with Crippen LogP contribution in [0.2, 0.25) is 0 Å². The number of fused-ring (bicyclic) bond motifs is 1. The maximum absolute atomic E-state index is 9.41. The van der Waals surface area contributed by atoms with Gasteiger partial charge >= 0.3 is 0 Å². The molecule has 1 aliphatic rings. The summed E-state index contributed by atoms with van der Waals surface area (Å²) in [5.41, 5.74) is 1.84. The molecule has 0 N–H and O–H groups in total. The van der Waals surface area contributed by atoms with E-state index in [1.165, 1.54) is 11.3 Å². The Hall–Kier alpha value is -1.49. The number of rotatable bonds is 0. The molecule has 1 atom stereocenters. The zero-order valence-electron chi connectivity index (χ0n) is 9.70. The van der Waals surface area contributed by atoms with Gasteiger partial charge in [-0.1, -0.05) is 32.0 Å². The van der Waals surface area contributed by atoms with Crippen molar-refractivity contribution in [3.05, 3.63) is 29.8 Å². The molecular weight excluding hydrogens is 184 g/mol. The third kappa shape index (κ3) is 0.982. The number of nitriles is 1. The Morgan fingerprint density at radius 3 is 2.33 bits per heavy atom. The summed E-state index contributed by atoms with van der Waals surface area (Å²) in [5, 5.41) is 9.41. The average Bonchev–Trinajstić information content (AvgIpc) is 2.40. The van der Waals surface area contributed by atoms with E-state index in [0.717, 1.165) is 0 Å². The van der Waals surface area contributed by atoms with Gasteiger partial charge in [0.15, 0.2) is 0 Å². The van der Waals surface area contributed by atoms with Gasteiger partial charge in [0.05, 0.1) is 6.07 Å². The molecule has 0 aliphatic carbocycles. The van der Waals surface area contributed by atoms with Crippen LogP contribution in [0, 0.1) is 11.3 Å². The predicted molar refractivity (Wildman–Crippen MR) is 61.9 cm³/mol. The molecule has 0 aromatic heterocycles. The number of likely N-dealkylation sites (N-methyl/N-ethyl adjacent to an activating group) is 1. The maximum Gasteiger partial charge on any atom is 0.134 e. The highest BCUT2D eigenvalue weighted by atomic mass is 15.2. The lowest BCUT2D eigenvalue weighted by atomic mass is 9.72. The van der Waals surface area contributed by atoms with Gasteiger partial charge in [0.25, 0.3) is 0 Å². The summed E-state index contributed by atoms with van der Waals surface area (Å²) in [4.78, 5) is 2.09. The Balaban J connectivity index is 2.72. The van der Waals surface area contributed by atoms with Crippen LogP contribution in [0.4, 0.5) is 5.69 Å². The van der Waals surface area contributed by atoms with E-state index in [9.17, 15) is 5.26 Å². The summed E-state index contributed by atoms with van der Waals surface area (Å²) in [5.74, 6) is 0. The molecule has 0 spiro atoms. The molecule has 2 nitrogen and oxygen atoms in total. The number of benzene rings is 1. The van der Waals surface area contributed by atoms with Crippen molar-refractivity contribution in [1.29, 1.82) is 5.26 Å². The van der Waals surface area contributed by atoms with Gasteiger partial charge in [-0.2, -0.15) is 5.26 Å². The quantitative estimate of drug-likeness (QED) is 0.644. The molecule has 1 unspecified atom stereocenters. The largest absolute Gasteiger partial charge is 0.356 e. The van der Waals surface area contributed by atoms with Crippen LogP contribution < -0.4 is 4.90 Å². The minimum atomic E-state index is -0.462. The summed E-state index contributed by atoms with van der Waals surface area (Å²) >= 11 is 0. The Morgan fingerprint density at radius 1 is 1.20 bits per heavy atom. The second-order valence-electron chi connectivity index (χ2n) is 4.89. The van der Waals surface area contributed by atoms with Crippen molar-refractivity contribution in [1.82, 2.24) is 0 Å². The number of anilines is 1. The first-order valence-corrected chi connectivity index (χ1v) is 5.20. The zero-order valence-corrected chi connectivity index (χ0v) is 9.70. The van der Waals surface area contributed by atoms with Gasteiger partial charge in [0, 0.05) is 18.2 Å². The summed E-state index contributed by atoms with van der Waals surface area (Å²) in [6.45, 7) is 6.28. The highest BCUT2D eigenvalue weighted by Gasteiger charge is 2.52. The molecule has 0 amide bonds. The van der Waals surface area contributed by atoms with Crippen LogP contribution in [0.3, 0.4) is 0 Å². The summed E-state index contributed by atoms with van der Waals surface area (Å²) in [6.07, 6.45) is 0. The van der Waals surface area contributed by atoms with E-state index in [4.69, 9.17) is 0 Å². The highest BCUT2D eigenvalue weighted by Crippen LogP contribution is 2.50. The second-order valence-corrected chi connectivity index (χ2v) is 4.89. The van der Waals surface area contributed by atoms with Gasteiger partial charge in [-0.15, -0.1) is 0 Å². The molecule has 0 saturated carbocycles. The van der Waals surface area contributed by atoms with Crippen LogP contribution in [0.15, 0.2) is 24.3 Å². The Bertz CT molecular complexity index is 442. The fourth-order valence-corrected chi connectivity index (χ4v) is 2.43. The van der Waals surface area contributed by atoms with Crippen LogP contribution >= 0.6 is 0 Å². The van der Waals surface area contributed by atoms with Crippen molar-refractivity contribution < 1.29 is 0 Å². The number of hydrogen-bond acceptors (Lipinski definition) is 2. The van der Waals surface area contributed by atoms with Crippen molar-refractivity contribution in [3.63, 3.8) is 0 Å². The molecule has 1 aromatic rings. The van der Waals surface area contributed by atoms with Crippen molar-refractivity contribution in [2.75, 3.05) is 11.9 Å². The van der Waals surface area contributed by atoms with E-state index in [1.807, 2.05) is 26.1 Å². The van der Waals surface area contributed by atoms with Gasteiger partial charge in [-0.25, -0.2) is 0 Å². The lowest BCUT2D eigenvalue weighted by Crippen LogP contribution is -2.50. The van der Waals surface area contributed by atoms with Gasteiger partial charge in [0.1, 0.15) is 5.54 Å². The molecular formula is C13H16N2. The molecule has 0 fully saturated rings. The van der Waals surface area contributed by atoms with E-state index in [0.29, 0.717) is 0 Å². The summed E-state index contributed by atoms with van der Waals surface area (Å²) in [6, 6.07) is 10.7. The Labute approximate surface area is 91.1 Å². The van der Waals surface area contributed by atoms with Gasteiger partial charge < -0.3 is 4.90 Å². The zero-order chi connectivity index (χ0) is 11.3. The summed E-state index contributed by atoms with van der Waals surface area (Å²) < 4.78 is 0. The maximum atomic E-state index is 9.41. The van der Waals surface area contributed by atoms with E-state index in [2.05, 4.69) is 36.9 Å². The first-order valence-electron chi connectivity index (χ1n) is 5.20. The summed E-state index contributed by atoms with van der Waals surface area (Å²) in [7, 11) is 2.00. The Kier molecular flexibility index (Phi) is 1.85. The molecule has 2 heteroatoms. The number of nitrogens with zero attached hydrogens (tertiary/aromatic N) is 2. The third-order valence-corrected chi connectivity index (χ3v) is 4.04. The molecule has 0 radical (unpaired) electrons. The molecule has 15 heavy (non-hydrogen) atoms. The molecule has 0 bridgehead atoms. The Morgan fingerprint density at radius 2 is 1.80 bits per heavy atom. The first-order chi connectivity index (χ1) is 6.95. The monoisotopic (exact) mass is 200 g/mol. The van der Waals surface area contributed by atoms with Gasteiger partial charge in [0.2, 0.25) is 0 Å².